The van der Waals surface area contributed by atoms with Crippen molar-refractivity contribution in [3.63, 3.8) is 0 Å². The van der Waals surface area contributed by atoms with Crippen LogP contribution < -0.4 is 10.6 Å². The lowest BCUT2D eigenvalue weighted by Crippen LogP contribution is -2.46. The fourth-order valence-corrected chi connectivity index (χ4v) is 3.61. The number of anilines is 3. The van der Waals surface area contributed by atoms with Crippen LogP contribution in [0.2, 0.25) is 5.02 Å². The number of urea groups is 1. The van der Waals surface area contributed by atoms with Crippen molar-refractivity contribution >= 4 is 46.6 Å². The summed E-state index contributed by atoms with van der Waals surface area (Å²) in [6.07, 6.45) is 6.22. The Labute approximate surface area is 210 Å². The van der Waals surface area contributed by atoms with E-state index in [2.05, 4.69) is 25.8 Å². The first-order valence-electron chi connectivity index (χ1n) is 10.9. The second kappa shape index (κ2) is 10.9. The summed E-state index contributed by atoms with van der Waals surface area (Å²) in [6.45, 7) is 1.63. The van der Waals surface area contributed by atoms with E-state index < -0.39 is 11.8 Å². The Morgan fingerprint density at radius 3 is 2.81 bits per heavy atom. The van der Waals surface area contributed by atoms with Crippen LogP contribution in [0.25, 0.3) is 11.3 Å². The molecule has 3 heterocycles. The number of carbonyl (C=O) groups excluding carboxylic acids is 3. The van der Waals surface area contributed by atoms with Gasteiger partial charge in [-0.05, 0) is 36.4 Å². The predicted octanol–water partition coefficient (Wildman–Crippen LogP) is 4.20. The van der Waals surface area contributed by atoms with Gasteiger partial charge in [-0.1, -0.05) is 11.6 Å². The van der Waals surface area contributed by atoms with Crippen LogP contribution in [0.3, 0.4) is 0 Å². The lowest BCUT2D eigenvalue weighted by molar-refractivity contribution is -0.126. The molecule has 36 heavy (non-hydrogen) atoms. The number of carbonyl (C=O) groups is 3. The molecule has 184 valence electrons. The third-order valence-corrected chi connectivity index (χ3v) is 5.42. The summed E-state index contributed by atoms with van der Waals surface area (Å²) in [7, 11) is 0. The quantitative estimate of drug-likeness (QED) is 0.489. The summed E-state index contributed by atoms with van der Waals surface area (Å²) in [5.41, 5.74) is 1.65. The standard InChI is InChI=1S/C24H21ClFN7O3/c1-15(34)33-9-2-8-32(24(33)36)10-6-23(35)30-22-13-17(5-7-27-22)29-18-12-21(31-28-14-18)19-11-16(25)3-4-20(19)26/h2-5,7-8,11-14H,6,9-10H2,1H3,(H2,27,29,30,31,35). The smallest absolute Gasteiger partial charge is 0.330 e. The van der Waals surface area contributed by atoms with E-state index in [0.717, 1.165) is 4.90 Å². The average molecular weight is 510 g/mol. The number of amides is 4. The summed E-state index contributed by atoms with van der Waals surface area (Å²) in [4.78, 5) is 42.8. The Hall–Kier alpha value is -4.38. The van der Waals surface area contributed by atoms with E-state index >= 15 is 0 Å². The first-order chi connectivity index (χ1) is 17.3. The third-order valence-electron chi connectivity index (χ3n) is 5.18. The number of rotatable bonds is 7. The molecule has 0 fully saturated rings. The van der Waals surface area contributed by atoms with E-state index in [1.807, 2.05) is 0 Å². The molecule has 1 aromatic carbocycles. The van der Waals surface area contributed by atoms with Crippen molar-refractivity contribution in [3.8, 4) is 11.3 Å². The minimum Gasteiger partial charge on any atom is -0.354 e. The molecule has 0 aliphatic carbocycles. The van der Waals surface area contributed by atoms with Gasteiger partial charge in [0, 0.05) is 54.6 Å². The SMILES string of the molecule is CC(=O)N1CC=CN(CCC(=O)Nc2cc(Nc3cnnc(-c4cc(Cl)ccc4F)c3)ccn2)C1=O. The number of imide groups is 1. The van der Waals surface area contributed by atoms with Crippen molar-refractivity contribution in [2.75, 3.05) is 23.7 Å². The topological polar surface area (TPSA) is 120 Å². The molecule has 10 nitrogen and oxygen atoms in total. The highest BCUT2D eigenvalue weighted by Gasteiger charge is 2.25. The number of nitrogens with zero attached hydrogens (tertiary/aromatic N) is 5. The van der Waals surface area contributed by atoms with Gasteiger partial charge in [-0.2, -0.15) is 10.2 Å². The van der Waals surface area contributed by atoms with Gasteiger partial charge in [0.25, 0.3) is 0 Å². The van der Waals surface area contributed by atoms with Gasteiger partial charge < -0.3 is 15.5 Å². The zero-order valence-corrected chi connectivity index (χ0v) is 19.9. The maximum atomic E-state index is 14.2. The Balaban J connectivity index is 1.38. The van der Waals surface area contributed by atoms with Crippen molar-refractivity contribution in [2.24, 2.45) is 0 Å². The molecule has 2 aromatic heterocycles. The summed E-state index contributed by atoms with van der Waals surface area (Å²) < 4.78 is 14.2. The molecule has 0 saturated carbocycles. The van der Waals surface area contributed by atoms with Gasteiger partial charge in [-0.3, -0.25) is 14.5 Å². The molecule has 0 spiro atoms. The number of halogens is 2. The molecule has 2 N–H and O–H groups in total. The van der Waals surface area contributed by atoms with Crippen molar-refractivity contribution < 1.29 is 18.8 Å². The number of nitrogens with one attached hydrogen (secondary N) is 2. The van der Waals surface area contributed by atoms with Crippen LogP contribution in [-0.4, -0.2) is 55.9 Å². The highest BCUT2D eigenvalue weighted by molar-refractivity contribution is 6.30. The average Bonchev–Trinajstić information content (AvgIpc) is 2.85. The van der Waals surface area contributed by atoms with Gasteiger partial charge in [0.05, 0.1) is 24.1 Å². The van der Waals surface area contributed by atoms with Gasteiger partial charge in [0.2, 0.25) is 11.8 Å². The largest absolute Gasteiger partial charge is 0.354 e. The number of aromatic nitrogens is 3. The lowest BCUT2D eigenvalue weighted by atomic mass is 10.1. The minimum atomic E-state index is -0.476. The molecular weight excluding hydrogens is 489 g/mol. The normalized spacial score (nSPS) is 13.0. The first kappa shape index (κ1) is 24.7. The van der Waals surface area contributed by atoms with Gasteiger partial charge in [0.15, 0.2) is 0 Å². The molecule has 1 aliphatic rings. The number of hydrogen-bond donors (Lipinski definition) is 2. The second-order valence-corrected chi connectivity index (χ2v) is 8.23. The molecule has 0 unspecified atom stereocenters. The van der Waals surface area contributed by atoms with E-state index in [4.69, 9.17) is 11.6 Å². The van der Waals surface area contributed by atoms with Gasteiger partial charge in [-0.25, -0.2) is 14.2 Å². The summed E-state index contributed by atoms with van der Waals surface area (Å²) in [5, 5.41) is 14.1. The van der Waals surface area contributed by atoms with Crippen LogP contribution in [0.15, 0.2) is 61.1 Å². The maximum absolute atomic E-state index is 14.2. The molecule has 4 amide bonds. The van der Waals surface area contributed by atoms with E-state index in [0.29, 0.717) is 27.9 Å². The van der Waals surface area contributed by atoms with E-state index in [1.165, 1.54) is 42.4 Å². The molecule has 3 aromatic rings. The molecule has 12 heteroatoms. The monoisotopic (exact) mass is 509 g/mol. The third kappa shape index (κ3) is 5.99. The zero-order valence-electron chi connectivity index (χ0n) is 19.1. The van der Waals surface area contributed by atoms with Crippen molar-refractivity contribution in [1.82, 2.24) is 25.0 Å². The van der Waals surface area contributed by atoms with Gasteiger partial charge in [-0.15, -0.1) is 0 Å². The number of hydrogen-bond acceptors (Lipinski definition) is 7. The number of pyridine rings is 1. The van der Waals surface area contributed by atoms with Gasteiger partial charge >= 0.3 is 6.03 Å². The Kier molecular flexibility index (Phi) is 7.50. The lowest BCUT2D eigenvalue weighted by Gasteiger charge is -2.29. The molecule has 0 radical (unpaired) electrons. The fraction of sp³-hybridized carbons (Fsp3) is 0.167. The van der Waals surface area contributed by atoms with Crippen LogP contribution in [0, 0.1) is 5.82 Å². The summed E-state index contributed by atoms with van der Waals surface area (Å²) in [5.74, 6) is -0.902. The Morgan fingerprint density at radius 1 is 1.17 bits per heavy atom. The van der Waals surface area contributed by atoms with Crippen LogP contribution in [0.1, 0.15) is 13.3 Å². The zero-order chi connectivity index (χ0) is 25.7. The molecular formula is C24H21ClFN7O3. The number of benzene rings is 1. The molecule has 1 aliphatic heterocycles. The Bertz CT molecular complexity index is 1350. The van der Waals surface area contributed by atoms with E-state index in [1.54, 1.807) is 30.5 Å². The van der Waals surface area contributed by atoms with E-state index in [-0.39, 0.29) is 36.9 Å². The van der Waals surface area contributed by atoms with Crippen LogP contribution in [-0.2, 0) is 9.59 Å². The van der Waals surface area contributed by atoms with Crippen molar-refractivity contribution in [3.05, 3.63) is 71.9 Å². The van der Waals surface area contributed by atoms with Crippen LogP contribution in [0.4, 0.5) is 26.4 Å². The minimum absolute atomic E-state index is 0.00396. The maximum Gasteiger partial charge on any atom is 0.330 e. The fourth-order valence-electron chi connectivity index (χ4n) is 3.44. The van der Waals surface area contributed by atoms with Crippen molar-refractivity contribution in [2.45, 2.75) is 13.3 Å². The highest BCUT2D eigenvalue weighted by atomic mass is 35.5. The van der Waals surface area contributed by atoms with Crippen LogP contribution in [0.5, 0.6) is 0 Å². The van der Waals surface area contributed by atoms with Crippen LogP contribution >= 0.6 is 11.6 Å². The molecule has 0 bridgehead atoms. The van der Waals surface area contributed by atoms with Gasteiger partial charge in [0.1, 0.15) is 11.6 Å². The van der Waals surface area contributed by atoms with Crippen molar-refractivity contribution in [1.29, 1.82) is 0 Å². The highest BCUT2D eigenvalue weighted by Crippen LogP contribution is 2.27. The predicted molar refractivity (Wildman–Crippen MR) is 132 cm³/mol. The first-order valence-corrected chi connectivity index (χ1v) is 11.2. The summed E-state index contributed by atoms with van der Waals surface area (Å²) >= 11 is 5.98. The Morgan fingerprint density at radius 2 is 2.00 bits per heavy atom. The van der Waals surface area contributed by atoms with E-state index in [9.17, 15) is 18.8 Å². The molecule has 0 saturated heterocycles. The second-order valence-electron chi connectivity index (χ2n) is 7.80. The molecule has 0 atom stereocenters. The molecule has 4 rings (SSSR count). The summed E-state index contributed by atoms with van der Waals surface area (Å²) in [6, 6.07) is 8.62.